The molecule has 0 bridgehead atoms. The zero-order valence-electron chi connectivity index (χ0n) is 13.9. The Kier molecular flexibility index (Phi) is 5.33. The van der Waals surface area contributed by atoms with Crippen molar-refractivity contribution in [1.29, 1.82) is 0 Å². The second-order valence-corrected chi connectivity index (χ2v) is 7.33. The van der Waals surface area contributed by atoms with Gasteiger partial charge in [-0.25, -0.2) is 4.39 Å². The van der Waals surface area contributed by atoms with Crippen LogP contribution in [0.25, 0.3) is 0 Å². The van der Waals surface area contributed by atoms with Crippen LogP contribution in [0.3, 0.4) is 0 Å². The molecule has 1 fully saturated rings. The lowest BCUT2D eigenvalue weighted by Crippen LogP contribution is -2.15. The van der Waals surface area contributed by atoms with Gasteiger partial charge in [0.05, 0.1) is 0 Å². The Hall–Kier alpha value is -1.11. The summed E-state index contributed by atoms with van der Waals surface area (Å²) in [7, 11) is 0. The lowest BCUT2D eigenvalue weighted by molar-refractivity contribution is 0.252. The number of fused-ring (bicyclic) bond motifs is 1. The van der Waals surface area contributed by atoms with E-state index in [0.29, 0.717) is 0 Å². The number of rotatable bonds is 5. The van der Waals surface area contributed by atoms with Gasteiger partial charge < -0.3 is 0 Å². The maximum absolute atomic E-state index is 13.7. The molecular weight excluding hydrogens is 271 g/mol. The van der Waals surface area contributed by atoms with E-state index in [0.717, 1.165) is 30.2 Å². The molecule has 1 aromatic rings. The molecule has 1 heteroatoms. The van der Waals surface area contributed by atoms with Gasteiger partial charge >= 0.3 is 0 Å². The van der Waals surface area contributed by atoms with Crippen LogP contribution in [-0.4, -0.2) is 0 Å². The van der Waals surface area contributed by atoms with Crippen molar-refractivity contribution in [3.8, 4) is 0 Å². The fraction of sp³-hybridized carbons (Fsp3) is 0.619. The largest absolute Gasteiger partial charge is 0.207 e. The van der Waals surface area contributed by atoms with Crippen molar-refractivity contribution < 1.29 is 4.39 Å². The Morgan fingerprint density at radius 1 is 1.05 bits per heavy atom. The minimum absolute atomic E-state index is 0.0259. The van der Waals surface area contributed by atoms with Crippen molar-refractivity contribution in [2.24, 2.45) is 11.8 Å². The summed E-state index contributed by atoms with van der Waals surface area (Å²) in [6.45, 7) is 2.31. The molecule has 0 nitrogen and oxygen atoms in total. The molecule has 22 heavy (non-hydrogen) atoms. The predicted molar refractivity (Wildman–Crippen MR) is 91.5 cm³/mol. The van der Waals surface area contributed by atoms with E-state index in [1.54, 1.807) is 6.07 Å². The molecular formula is C21H29F. The highest BCUT2D eigenvalue weighted by atomic mass is 19.1. The molecule has 3 rings (SSSR count). The first kappa shape index (κ1) is 15.8. The molecule has 2 aliphatic carbocycles. The topological polar surface area (TPSA) is 0 Å². The van der Waals surface area contributed by atoms with Crippen LogP contribution in [0.1, 0.15) is 69.4 Å². The molecule has 0 saturated heterocycles. The van der Waals surface area contributed by atoms with Crippen LogP contribution in [-0.2, 0) is 12.8 Å². The van der Waals surface area contributed by atoms with Gasteiger partial charge in [0.15, 0.2) is 0 Å². The summed E-state index contributed by atoms with van der Waals surface area (Å²) in [4.78, 5) is 0. The van der Waals surface area contributed by atoms with Gasteiger partial charge in [-0.05, 0) is 54.7 Å². The zero-order valence-corrected chi connectivity index (χ0v) is 13.9. The third-order valence-corrected chi connectivity index (χ3v) is 5.77. The van der Waals surface area contributed by atoms with Crippen LogP contribution in [0.5, 0.6) is 0 Å². The highest BCUT2D eigenvalue weighted by Gasteiger charge is 2.21. The lowest BCUT2D eigenvalue weighted by Gasteiger charge is -2.29. The lowest BCUT2D eigenvalue weighted by atomic mass is 9.77. The molecule has 0 aliphatic heterocycles. The number of hydrogen-bond acceptors (Lipinski definition) is 0. The molecule has 0 aromatic heterocycles. The third-order valence-electron chi connectivity index (χ3n) is 5.77. The van der Waals surface area contributed by atoms with Crippen LogP contribution >= 0.6 is 0 Å². The highest BCUT2D eigenvalue weighted by molar-refractivity contribution is 5.37. The van der Waals surface area contributed by atoms with Gasteiger partial charge in [-0.15, -0.1) is 0 Å². The van der Waals surface area contributed by atoms with E-state index in [9.17, 15) is 4.39 Å². The second kappa shape index (κ2) is 7.44. The van der Waals surface area contributed by atoms with E-state index < -0.39 is 0 Å². The van der Waals surface area contributed by atoms with E-state index in [-0.39, 0.29) is 5.82 Å². The van der Waals surface area contributed by atoms with Gasteiger partial charge in [-0.2, -0.15) is 0 Å². The monoisotopic (exact) mass is 300 g/mol. The number of allylic oxidation sites excluding steroid dienone is 2. The normalized spacial score (nSPS) is 24.7. The molecule has 0 amide bonds. The van der Waals surface area contributed by atoms with Crippen molar-refractivity contribution in [3.63, 3.8) is 0 Å². The Bertz CT molecular complexity index is 521. The van der Waals surface area contributed by atoms with Crippen molar-refractivity contribution in [2.75, 3.05) is 0 Å². The molecule has 120 valence electrons. The van der Waals surface area contributed by atoms with Crippen LogP contribution < -0.4 is 0 Å². The van der Waals surface area contributed by atoms with Gasteiger partial charge in [0.25, 0.3) is 0 Å². The predicted octanol–water partition coefficient (Wildman–Crippen LogP) is 6.24. The van der Waals surface area contributed by atoms with Crippen molar-refractivity contribution in [1.82, 2.24) is 0 Å². The first-order chi connectivity index (χ1) is 10.8. The van der Waals surface area contributed by atoms with E-state index in [1.165, 1.54) is 62.5 Å². The van der Waals surface area contributed by atoms with Gasteiger partial charge in [-0.3, -0.25) is 0 Å². The fourth-order valence-electron chi connectivity index (χ4n) is 4.36. The smallest absolute Gasteiger partial charge is 0.126 e. The third kappa shape index (κ3) is 3.80. The zero-order chi connectivity index (χ0) is 15.4. The molecule has 0 spiro atoms. The quantitative estimate of drug-likeness (QED) is 0.565. The average molecular weight is 300 g/mol. The van der Waals surface area contributed by atoms with E-state index >= 15 is 0 Å². The molecule has 0 radical (unpaired) electrons. The number of halogens is 1. The average Bonchev–Trinajstić information content (AvgIpc) is 2.55. The molecule has 0 atom stereocenters. The van der Waals surface area contributed by atoms with E-state index in [1.807, 2.05) is 6.07 Å². The van der Waals surface area contributed by atoms with Crippen LogP contribution in [0.2, 0.25) is 0 Å². The van der Waals surface area contributed by atoms with E-state index in [4.69, 9.17) is 0 Å². The van der Waals surface area contributed by atoms with Gasteiger partial charge in [0.1, 0.15) is 5.82 Å². The molecule has 2 aliphatic rings. The standard InChI is InChI=1S/C21H29F/c1-2-4-16-7-9-17(10-8-16)11-12-18-13-14-20-19(15-18)5-3-6-21(20)22/h3,5-6,13,16-17H,2,4,7-12,14-15H2,1H3. The first-order valence-electron chi connectivity index (χ1n) is 9.20. The highest BCUT2D eigenvalue weighted by Crippen LogP contribution is 2.35. The molecule has 0 heterocycles. The summed E-state index contributed by atoms with van der Waals surface area (Å²) in [5, 5.41) is 0. The minimum Gasteiger partial charge on any atom is -0.207 e. The first-order valence-corrected chi connectivity index (χ1v) is 9.20. The van der Waals surface area contributed by atoms with Crippen molar-refractivity contribution in [2.45, 2.75) is 71.1 Å². The summed E-state index contributed by atoms with van der Waals surface area (Å²) in [5.74, 6) is 1.91. The summed E-state index contributed by atoms with van der Waals surface area (Å²) in [5.41, 5.74) is 3.67. The SMILES string of the molecule is CCCC1CCC(CCC2=CCc3c(F)cccc3C2)CC1. The summed E-state index contributed by atoms with van der Waals surface area (Å²) < 4.78 is 13.7. The van der Waals surface area contributed by atoms with Gasteiger partial charge in [-0.1, -0.05) is 69.2 Å². The second-order valence-electron chi connectivity index (χ2n) is 7.33. The molecule has 0 unspecified atom stereocenters. The van der Waals surface area contributed by atoms with Gasteiger partial charge in [0.2, 0.25) is 0 Å². The summed E-state index contributed by atoms with van der Waals surface area (Å²) >= 11 is 0. The molecule has 1 aromatic carbocycles. The van der Waals surface area contributed by atoms with Crippen LogP contribution in [0.4, 0.5) is 4.39 Å². The Labute approximate surface area is 134 Å². The summed E-state index contributed by atoms with van der Waals surface area (Å²) in [6, 6.07) is 5.54. The Morgan fingerprint density at radius 3 is 2.50 bits per heavy atom. The summed E-state index contributed by atoms with van der Waals surface area (Å²) in [6.07, 6.45) is 15.2. The minimum atomic E-state index is -0.0259. The van der Waals surface area contributed by atoms with Crippen LogP contribution in [0.15, 0.2) is 29.8 Å². The Balaban J connectivity index is 1.47. The van der Waals surface area contributed by atoms with Crippen molar-refractivity contribution >= 4 is 0 Å². The van der Waals surface area contributed by atoms with Gasteiger partial charge in [0, 0.05) is 0 Å². The number of hydrogen-bond donors (Lipinski definition) is 0. The molecule has 1 saturated carbocycles. The maximum atomic E-state index is 13.7. The van der Waals surface area contributed by atoms with Crippen molar-refractivity contribution in [3.05, 3.63) is 46.8 Å². The maximum Gasteiger partial charge on any atom is 0.126 e. The van der Waals surface area contributed by atoms with E-state index in [2.05, 4.69) is 19.1 Å². The Morgan fingerprint density at radius 2 is 1.77 bits per heavy atom. The fourth-order valence-corrected chi connectivity index (χ4v) is 4.36. The molecule has 0 N–H and O–H groups in total. The number of benzene rings is 1. The van der Waals surface area contributed by atoms with Crippen LogP contribution in [0, 0.1) is 17.7 Å².